The Morgan fingerprint density at radius 3 is 2.48 bits per heavy atom. The maximum absolute atomic E-state index is 10.2. The Hall–Kier alpha value is -1.76. The number of benzene rings is 1. The van der Waals surface area contributed by atoms with Gasteiger partial charge in [0, 0.05) is 11.0 Å². The van der Waals surface area contributed by atoms with E-state index in [9.17, 15) is 15.3 Å². The summed E-state index contributed by atoms with van der Waals surface area (Å²) in [6.45, 7) is -0.283. The topological polar surface area (TPSA) is 91.4 Å². The maximum atomic E-state index is 10.2. The highest BCUT2D eigenvalue weighted by Gasteiger charge is 2.45. The average Bonchev–Trinajstić information content (AvgIpc) is 3.13. The summed E-state index contributed by atoms with van der Waals surface area (Å²) in [4.78, 5) is 0. The van der Waals surface area contributed by atoms with Crippen LogP contribution in [0.2, 0.25) is 0 Å². The molecule has 0 radical (unpaired) electrons. The molecule has 2 atom stereocenters. The first-order chi connectivity index (χ1) is 10.2. The van der Waals surface area contributed by atoms with Crippen molar-refractivity contribution in [3.8, 4) is 11.3 Å². The van der Waals surface area contributed by atoms with Gasteiger partial charge in [-0.05, 0) is 12.8 Å². The van der Waals surface area contributed by atoms with E-state index in [1.165, 1.54) is 0 Å². The van der Waals surface area contributed by atoms with Gasteiger partial charge in [-0.25, -0.2) is 4.68 Å². The molecule has 112 valence electrons. The third-order valence-corrected chi connectivity index (χ3v) is 4.32. The molecule has 0 amide bonds. The van der Waals surface area contributed by atoms with Gasteiger partial charge in [0.05, 0.1) is 31.6 Å². The predicted octanol–water partition coefficient (Wildman–Crippen LogP) is 0.612. The van der Waals surface area contributed by atoms with Crippen molar-refractivity contribution in [3.63, 3.8) is 0 Å². The van der Waals surface area contributed by atoms with Gasteiger partial charge in [-0.1, -0.05) is 35.5 Å². The van der Waals surface area contributed by atoms with E-state index in [0.717, 1.165) is 11.3 Å². The second-order valence-corrected chi connectivity index (χ2v) is 5.81. The van der Waals surface area contributed by atoms with E-state index in [2.05, 4.69) is 10.3 Å². The lowest BCUT2D eigenvalue weighted by Crippen LogP contribution is -2.27. The van der Waals surface area contributed by atoms with Gasteiger partial charge in [0.15, 0.2) is 0 Å². The molecule has 6 nitrogen and oxygen atoms in total. The van der Waals surface area contributed by atoms with Gasteiger partial charge in [0.2, 0.25) is 0 Å². The fraction of sp³-hybridized carbons (Fsp3) is 0.467. The summed E-state index contributed by atoms with van der Waals surface area (Å²) in [7, 11) is 0. The van der Waals surface area contributed by atoms with Crippen LogP contribution < -0.4 is 0 Å². The Morgan fingerprint density at radius 2 is 1.86 bits per heavy atom. The molecular weight excluding hydrogens is 270 g/mol. The van der Waals surface area contributed by atoms with Crippen molar-refractivity contribution in [1.82, 2.24) is 15.0 Å². The molecule has 21 heavy (non-hydrogen) atoms. The van der Waals surface area contributed by atoms with Crippen LogP contribution in [0.5, 0.6) is 0 Å². The highest BCUT2D eigenvalue weighted by atomic mass is 16.3. The van der Waals surface area contributed by atoms with Crippen LogP contribution in [0.15, 0.2) is 36.5 Å². The van der Waals surface area contributed by atoms with E-state index in [1.807, 2.05) is 30.3 Å². The maximum Gasteiger partial charge on any atom is 0.113 e. The molecule has 1 aliphatic carbocycles. The molecule has 2 aromatic rings. The highest BCUT2D eigenvalue weighted by Crippen LogP contribution is 2.43. The molecule has 1 heterocycles. The zero-order valence-corrected chi connectivity index (χ0v) is 11.6. The Labute approximate surface area is 122 Å². The van der Waals surface area contributed by atoms with Gasteiger partial charge in [0.1, 0.15) is 5.69 Å². The lowest BCUT2D eigenvalue weighted by atomic mass is 9.88. The minimum absolute atomic E-state index is 0.142. The first-order valence-corrected chi connectivity index (χ1v) is 7.04. The third-order valence-electron chi connectivity index (χ3n) is 4.32. The van der Waals surface area contributed by atoms with E-state index in [4.69, 9.17) is 0 Å². The molecule has 3 N–H and O–H groups in total. The first-order valence-electron chi connectivity index (χ1n) is 7.04. The molecule has 3 rings (SSSR count). The Kier molecular flexibility index (Phi) is 3.75. The second kappa shape index (κ2) is 5.55. The van der Waals surface area contributed by atoms with Crippen LogP contribution in [0.1, 0.15) is 18.9 Å². The molecule has 6 heteroatoms. The second-order valence-electron chi connectivity index (χ2n) is 5.81. The molecular formula is C15H19N3O3. The van der Waals surface area contributed by atoms with Crippen LogP contribution in [0.25, 0.3) is 11.3 Å². The fourth-order valence-corrected chi connectivity index (χ4v) is 3.00. The van der Waals surface area contributed by atoms with Crippen LogP contribution in [0.3, 0.4) is 0 Å². The fourth-order valence-electron chi connectivity index (χ4n) is 3.00. The van der Waals surface area contributed by atoms with Gasteiger partial charge in [0.25, 0.3) is 0 Å². The van der Waals surface area contributed by atoms with E-state index < -0.39 is 11.5 Å². The van der Waals surface area contributed by atoms with Gasteiger partial charge in [-0.3, -0.25) is 0 Å². The largest absolute Gasteiger partial charge is 0.396 e. The standard InChI is InChI=1S/C15H19N3O3/c19-9-15(10-20)6-13(14(21)7-15)18-8-12(16-17-18)11-4-2-1-3-5-11/h1-5,8,13-14,19-21H,6-7,9-10H2/t13-,14+/m1/s1. The predicted molar refractivity (Wildman–Crippen MR) is 76.3 cm³/mol. The highest BCUT2D eigenvalue weighted by molar-refractivity contribution is 5.57. The number of hydrogen-bond acceptors (Lipinski definition) is 5. The third kappa shape index (κ3) is 2.57. The van der Waals surface area contributed by atoms with Crippen LogP contribution in [0, 0.1) is 5.41 Å². The summed E-state index contributed by atoms with van der Waals surface area (Å²) >= 11 is 0. The van der Waals surface area contributed by atoms with Crippen LogP contribution in [-0.2, 0) is 0 Å². The van der Waals surface area contributed by atoms with Crippen molar-refractivity contribution < 1.29 is 15.3 Å². The van der Waals surface area contributed by atoms with E-state index in [0.29, 0.717) is 12.8 Å². The summed E-state index contributed by atoms with van der Waals surface area (Å²) < 4.78 is 1.64. The van der Waals surface area contributed by atoms with E-state index in [1.54, 1.807) is 10.9 Å². The summed E-state index contributed by atoms with van der Waals surface area (Å²) in [5.41, 5.74) is 1.07. The molecule has 1 fully saturated rings. The molecule has 0 bridgehead atoms. The normalized spacial score (nSPS) is 24.3. The van der Waals surface area contributed by atoms with Gasteiger partial charge < -0.3 is 15.3 Å². The first kappa shape index (κ1) is 14.2. The molecule has 1 saturated carbocycles. The van der Waals surface area contributed by atoms with Crippen molar-refractivity contribution >= 4 is 0 Å². The molecule has 1 aromatic heterocycles. The summed E-state index contributed by atoms with van der Waals surface area (Å²) in [5, 5.41) is 37.4. The lowest BCUT2D eigenvalue weighted by Gasteiger charge is -2.23. The summed E-state index contributed by atoms with van der Waals surface area (Å²) in [6, 6.07) is 9.43. The molecule has 1 aliphatic rings. The van der Waals surface area contributed by atoms with Crippen molar-refractivity contribution in [2.45, 2.75) is 25.0 Å². The molecule has 0 unspecified atom stereocenters. The van der Waals surface area contributed by atoms with Crippen LogP contribution in [-0.4, -0.2) is 49.6 Å². The number of aliphatic hydroxyl groups excluding tert-OH is 3. The number of rotatable bonds is 4. The average molecular weight is 289 g/mol. The Morgan fingerprint density at radius 1 is 1.14 bits per heavy atom. The molecule has 1 aromatic carbocycles. The van der Waals surface area contributed by atoms with Crippen molar-refractivity contribution in [2.75, 3.05) is 13.2 Å². The summed E-state index contributed by atoms with van der Waals surface area (Å²) in [6.07, 6.45) is 2.01. The van der Waals surface area contributed by atoms with E-state index in [-0.39, 0.29) is 19.3 Å². The van der Waals surface area contributed by atoms with Gasteiger partial charge in [-0.2, -0.15) is 0 Å². The van der Waals surface area contributed by atoms with Crippen molar-refractivity contribution in [1.29, 1.82) is 0 Å². The quantitative estimate of drug-likeness (QED) is 0.767. The Bertz CT molecular complexity index is 595. The molecule has 0 spiro atoms. The Balaban J connectivity index is 1.84. The zero-order valence-electron chi connectivity index (χ0n) is 11.6. The van der Waals surface area contributed by atoms with Crippen molar-refractivity contribution in [2.24, 2.45) is 5.41 Å². The molecule has 0 saturated heterocycles. The minimum atomic E-state index is -0.644. The number of aliphatic hydroxyl groups is 3. The number of aromatic nitrogens is 3. The van der Waals surface area contributed by atoms with Gasteiger partial charge in [-0.15, -0.1) is 5.10 Å². The van der Waals surface area contributed by atoms with Gasteiger partial charge >= 0.3 is 0 Å². The van der Waals surface area contributed by atoms with Crippen LogP contribution in [0.4, 0.5) is 0 Å². The summed E-state index contributed by atoms with van der Waals surface area (Å²) in [5.74, 6) is 0. The molecule has 0 aliphatic heterocycles. The van der Waals surface area contributed by atoms with Crippen LogP contribution >= 0.6 is 0 Å². The minimum Gasteiger partial charge on any atom is -0.396 e. The monoisotopic (exact) mass is 289 g/mol. The lowest BCUT2D eigenvalue weighted by molar-refractivity contribution is 0.0466. The van der Waals surface area contributed by atoms with E-state index >= 15 is 0 Å². The zero-order chi connectivity index (χ0) is 14.9. The SMILES string of the molecule is OCC1(CO)C[C@@H](n2cc(-c3ccccc3)nn2)[C@@H](O)C1. The smallest absolute Gasteiger partial charge is 0.113 e. The number of hydrogen-bond donors (Lipinski definition) is 3. The number of nitrogens with zero attached hydrogens (tertiary/aromatic N) is 3. The van der Waals surface area contributed by atoms with Crippen molar-refractivity contribution in [3.05, 3.63) is 36.5 Å².